The van der Waals surface area contributed by atoms with Crippen molar-refractivity contribution in [3.8, 4) is 0 Å². The maximum atomic E-state index is 10.2. The van der Waals surface area contributed by atoms with Crippen molar-refractivity contribution in [1.82, 2.24) is 0 Å². The third-order valence-electron chi connectivity index (χ3n) is 2.58. The smallest absolute Gasteiger partial charge is 0.123 e. The van der Waals surface area contributed by atoms with E-state index >= 15 is 0 Å². The zero-order chi connectivity index (χ0) is 12.1. The molecule has 0 heterocycles. The lowest BCUT2D eigenvalue weighted by Crippen LogP contribution is -2.15. The monoisotopic (exact) mass is 226 g/mol. The fourth-order valence-electron chi connectivity index (χ4n) is 1.71. The van der Waals surface area contributed by atoms with Crippen LogP contribution in [-0.4, -0.2) is 10.8 Å². The molecule has 2 rings (SSSR count). The zero-order valence-electron chi connectivity index (χ0n) is 9.32. The average Bonchev–Trinajstić information content (AvgIpc) is 2.42. The predicted octanol–water partition coefficient (Wildman–Crippen LogP) is 2.08. The van der Waals surface area contributed by atoms with E-state index in [0.29, 0.717) is 5.71 Å². The van der Waals surface area contributed by atoms with Crippen molar-refractivity contribution in [2.75, 3.05) is 0 Å². The van der Waals surface area contributed by atoms with E-state index < -0.39 is 6.10 Å². The molecule has 0 fully saturated rings. The molecule has 0 radical (unpaired) electrons. The summed E-state index contributed by atoms with van der Waals surface area (Å²) in [6, 6.07) is 18.8. The van der Waals surface area contributed by atoms with Gasteiger partial charge in [0.1, 0.15) is 11.8 Å². The van der Waals surface area contributed by atoms with E-state index in [0.717, 1.165) is 11.1 Å². The van der Waals surface area contributed by atoms with E-state index in [2.05, 4.69) is 5.10 Å². The van der Waals surface area contributed by atoms with Crippen LogP contribution in [-0.2, 0) is 0 Å². The first-order valence-electron chi connectivity index (χ1n) is 5.39. The summed E-state index contributed by atoms with van der Waals surface area (Å²) in [5.74, 6) is 5.37. The van der Waals surface area contributed by atoms with Gasteiger partial charge in [0.05, 0.1) is 0 Å². The lowest BCUT2D eigenvalue weighted by Gasteiger charge is -2.13. The number of rotatable bonds is 3. The van der Waals surface area contributed by atoms with Crippen LogP contribution in [0.2, 0.25) is 0 Å². The molecule has 0 aliphatic heterocycles. The van der Waals surface area contributed by atoms with Gasteiger partial charge in [-0.15, -0.1) is 0 Å². The third-order valence-corrected chi connectivity index (χ3v) is 2.58. The minimum atomic E-state index is -0.802. The standard InChI is InChI=1S/C14H14N2O/c15-16-13(11-7-3-1-4-8-11)14(17)12-9-5-2-6-10-12/h1-10,14,17H,15H2/b16-13+. The van der Waals surface area contributed by atoms with Gasteiger partial charge in [-0.2, -0.15) is 5.10 Å². The molecule has 0 spiro atoms. The van der Waals surface area contributed by atoms with Gasteiger partial charge < -0.3 is 10.9 Å². The Balaban J connectivity index is 2.33. The second-order valence-corrected chi connectivity index (χ2v) is 3.69. The van der Waals surface area contributed by atoms with Gasteiger partial charge in [-0.3, -0.25) is 0 Å². The minimum absolute atomic E-state index is 0.469. The van der Waals surface area contributed by atoms with Crippen LogP contribution >= 0.6 is 0 Å². The van der Waals surface area contributed by atoms with Crippen LogP contribution in [0.25, 0.3) is 0 Å². The number of nitrogens with two attached hydrogens (primary N) is 1. The normalized spacial score (nSPS) is 13.4. The molecule has 0 bridgehead atoms. The molecule has 17 heavy (non-hydrogen) atoms. The summed E-state index contributed by atoms with van der Waals surface area (Å²) in [5.41, 5.74) is 2.07. The van der Waals surface area contributed by atoms with Crippen LogP contribution in [0.5, 0.6) is 0 Å². The van der Waals surface area contributed by atoms with Gasteiger partial charge in [0.25, 0.3) is 0 Å². The van der Waals surface area contributed by atoms with E-state index in [9.17, 15) is 5.11 Å². The number of aliphatic hydroxyl groups is 1. The molecule has 2 aromatic carbocycles. The largest absolute Gasteiger partial charge is 0.382 e. The first-order chi connectivity index (χ1) is 8.33. The van der Waals surface area contributed by atoms with Gasteiger partial charge in [0, 0.05) is 5.56 Å². The molecule has 0 aliphatic carbocycles. The van der Waals surface area contributed by atoms with Crippen molar-refractivity contribution < 1.29 is 5.11 Å². The van der Waals surface area contributed by atoms with Crippen LogP contribution in [0.15, 0.2) is 65.8 Å². The first kappa shape index (κ1) is 11.4. The summed E-state index contributed by atoms with van der Waals surface area (Å²) >= 11 is 0. The lowest BCUT2D eigenvalue weighted by molar-refractivity contribution is 0.247. The minimum Gasteiger partial charge on any atom is -0.382 e. The first-order valence-corrected chi connectivity index (χ1v) is 5.39. The molecule has 0 amide bonds. The molecule has 3 heteroatoms. The third kappa shape index (κ3) is 2.52. The van der Waals surface area contributed by atoms with Crippen molar-refractivity contribution in [1.29, 1.82) is 0 Å². The summed E-state index contributed by atoms with van der Waals surface area (Å²) < 4.78 is 0. The van der Waals surface area contributed by atoms with E-state index in [-0.39, 0.29) is 0 Å². The molecule has 1 unspecified atom stereocenters. The summed E-state index contributed by atoms with van der Waals surface area (Å²) in [5, 5.41) is 13.9. The summed E-state index contributed by atoms with van der Waals surface area (Å²) in [6.45, 7) is 0. The number of hydrogen-bond donors (Lipinski definition) is 2. The molecule has 0 aromatic heterocycles. The second-order valence-electron chi connectivity index (χ2n) is 3.69. The zero-order valence-corrected chi connectivity index (χ0v) is 9.32. The average molecular weight is 226 g/mol. The molecular formula is C14H14N2O. The van der Waals surface area contributed by atoms with Gasteiger partial charge in [0.2, 0.25) is 0 Å². The van der Waals surface area contributed by atoms with E-state index in [1.807, 2.05) is 60.7 Å². The van der Waals surface area contributed by atoms with Crippen molar-refractivity contribution in [2.45, 2.75) is 6.10 Å². The molecule has 1 atom stereocenters. The Morgan fingerprint density at radius 3 is 2.00 bits per heavy atom. The van der Waals surface area contributed by atoms with Crippen LogP contribution in [0, 0.1) is 0 Å². The fraction of sp³-hybridized carbons (Fsp3) is 0.0714. The Morgan fingerprint density at radius 1 is 0.941 bits per heavy atom. The predicted molar refractivity (Wildman–Crippen MR) is 68.6 cm³/mol. The molecule has 0 saturated carbocycles. The quantitative estimate of drug-likeness (QED) is 0.478. The topological polar surface area (TPSA) is 58.6 Å². The van der Waals surface area contributed by atoms with Gasteiger partial charge in [0.15, 0.2) is 0 Å². The van der Waals surface area contributed by atoms with E-state index in [1.54, 1.807) is 0 Å². The molecule has 0 saturated heterocycles. The SMILES string of the molecule is N/N=C(\c1ccccc1)C(O)c1ccccc1. The van der Waals surface area contributed by atoms with Crippen molar-refractivity contribution in [3.05, 3.63) is 71.8 Å². The Morgan fingerprint density at radius 2 is 1.47 bits per heavy atom. The van der Waals surface area contributed by atoms with Gasteiger partial charge >= 0.3 is 0 Å². The number of benzene rings is 2. The highest BCUT2D eigenvalue weighted by molar-refractivity contribution is 6.03. The van der Waals surface area contributed by atoms with Gasteiger partial charge in [-0.25, -0.2) is 0 Å². The number of nitrogens with zero attached hydrogens (tertiary/aromatic N) is 1. The maximum absolute atomic E-state index is 10.2. The molecule has 86 valence electrons. The summed E-state index contributed by atoms with van der Waals surface area (Å²) in [4.78, 5) is 0. The molecule has 3 N–H and O–H groups in total. The Kier molecular flexibility index (Phi) is 3.52. The molecular weight excluding hydrogens is 212 g/mol. The number of hydrazone groups is 1. The van der Waals surface area contributed by atoms with E-state index in [1.165, 1.54) is 0 Å². The highest BCUT2D eigenvalue weighted by Crippen LogP contribution is 2.18. The van der Waals surface area contributed by atoms with E-state index in [4.69, 9.17) is 5.84 Å². The molecule has 0 aliphatic rings. The highest BCUT2D eigenvalue weighted by atomic mass is 16.3. The van der Waals surface area contributed by atoms with Crippen molar-refractivity contribution in [3.63, 3.8) is 0 Å². The number of hydrogen-bond acceptors (Lipinski definition) is 3. The molecule has 3 nitrogen and oxygen atoms in total. The Hall–Kier alpha value is -2.13. The Bertz CT molecular complexity index is 494. The molecule has 2 aromatic rings. The van der Waals surface area contributed by atoms with Crippen molar-refractivity contribution >= 4 is 5.71 Å². The lowest BCUT2D eigenvalue weighted by atomic mass is 9.99. The van der Waals surface area contributed by atoms with Gasteiger partial charge in [-0.05, 0) is 5.56 Å². The van der Waals surface area contributed by atoms with Crippen molar-refractivity contribution in [2.24, 2.45) is 10.9 Å². The maximum Gasteiger partial charge on any atom is 0.123 e. The summed E-state index contributed by atoms with van der Waals surface area (Å²) in [6.07, 6.45) is -0.802. The van der Waals surface area contributed by atoms with Gasteiger partial charge in [-0.1, -0.05) is 60.7 Å². The fourth-order valence-corrected chi connectivity index (χ4v) is 1.71. The highest BCUT2D eigenvalue weighted by Gasteiger charge is 2.16. The van der Waals surface area contributed by atoms with Crippen LogP contribution < -0.4 is 5.84 Å². The van der Waals surface area contributed by atoms with Crippen LogP contribution in [0.3, 0.4) is 0 Å². The Labute approximate surface area is 100 Å². The second kappa shape index (κ2) is 5.27. The van der Waals surface area contributed by atoms with Crippen LogP contribution in [0.4, 0.5) is 0 Å². The van der Waals surface area contributed by atoms with Crippen LogP contribution in [0.1, 0.15) is 17.2 Å². The number of aliphatic hydroxyl groups excluding tert-OH is 1. The summed E-state index contributed by atoms with van der Waals surface area (Å²) in [7, 11) is 0.